The summed E-state index contributed by atoms with van der Waals surface area (Å²) in [6.07, 6.45) is 1.66. The number of amides is 1. The van der Waals surface area contributed by atoms with E-state index in [9.17, 15) is 4.79 Å². The van der Waals surface area contributed by atoms with Crippen LogP contribution in [0.25, 0.3) is 10.6 Å². The van der Waals surface area contributed by atoms with Crippen LogP contribution in [-0.2, 0) is 0 Å². The zero-order valence-electron chi connectivity index (χ0n) is 17.1. The molecule has 6 nitrogen and oxygen atoms in total. The second-order valence-electron chi connectivity index (χ2n) is 7.15. The van der Waals surface area contributed by atoms with Gasteiger partial charge < -0.3 is 15.0 Å². The van der Waals surface area contributed by atoms with Gasteiger partial charge in [-0.15, -0.1) is 11.3 Å². The standard InChI is InChI=1S/C23H26N4O2S/c1-29-20-10-6-5-9-19(20)27-15-13-26(14-16-27)12-11-24-22(28)21-17-25-23(30-21)18-7-3-2-4-8-18/h2-10,17H,11-16H2,1H3,(H,24,28). The number of para-hydroxylation sites is 2. The molecule has 1 aromatic heterocycles. The fourth-order valence-corrected chi connectivity index (χ4v) is 4.45. The molecule has 0 unspecified atom stereocenters. The number of ether oxygens (including phenoxy) is 1. The maximum atomic E-state index is 12.5. The van der Waals surface area contributed by atoms with E-state index in [1.165, 1.54) is 11.3 Å². The lowest BCUT2D eigenvalue weighted by atomic mass is 10.2. The quantitative estimate of drug-likeness (QED) is 0.633. The van der Waals surface area contributed by atoms with Gasteiger partial charge in [0.25, 0.3) is 5.91 Å². The lowest BCUT2D eigenvalue weighted by molar-refractivity contribution is 0.0951. The number of hydrogen-bond acceptors (Lipinski definition) is 6. The minimum atomic E-state index is -0.0534. The van der Waals surface area contributed by atoms with Gasteiger partial charge in [-0.3, -0.25) is 9.69 Å². The van der Waals surface area contributed by atoms with Crippen molar-refractivity contribution in [3.63, 3.8) is 0 Å². The normalized spacial score (nSPS) is 14.5. The molecule has 1 saturated heterocycles. The van der Waals surface area contributed by atoms with Crippen molar-refractivity contribution in [1.29, 1.82) is 0 Å². The molecule has 1 fully saturated rings. The second kappa shape index (κ2) is 9.73. The van der Waals surface area contributed by atoms with Gasteiger partial charge >= 0.3 is 0 Å². The number of nitrogens with zero attached hydrogens (tertiary/aromatic N) is 3. The van der Waals surface area contributed by atoms with Gasteiger partial charge in [0.05, 0.1) is 19.0 Å². The van der Waals surface area contributed by atoms with E-state index in [2.05, 4.69) is 26.2 Å². The van der Waals surface area contributed by atoms with Gasteiger partial charge in [0.1, 0.15) is 15.6 Å². The Bertz CT molecular complexity index is 968. The summed E-state index contributed by atoms with van der Waals surface area (Å²) in [5, 5.41) is 3.90. The minimum absolute atomic E-state index is 0.0534. The number of thiazole rings is 1. The van der Waals surface area contributed by atoms with Crippen molar-refractivity contribution in [3.05, 3.63) is 65.7 Å². The lowest BCUT2D eigenvalue weighted by Gasteiger charge is -2.36. The van der Waals surface area contributed by atoms with Gasteiger partial charge in [0.2, 0.25) is 0 Å². The highest BCUT2D eigenvalue weighted by molar-refractivity contribution is 7.16. The molecule has 156 valence electrons. The first kappa shape index (κ1) is 20.4. The summed E-state index contributed by atoms with van der Waals surface area (Å²) in [4.78, 5) is 22.2. The molecule has 1 amide bonds. The molecule has 0 saturated carbocycles. The molecule has 1 aliphatic rings. The third kappa shape index (κ3) is 4.80. The maximum absolute atomic E-state index is 12.5. The molecule has 3 aromatic rings. The Morgan fingerprint density at radius 1 is 1.07 bits per heavy atom. The third-order valence-electron chi connectivity index (χ3n) is 5.26. The first-order chi connectivity index (χ1) is 14.7. The highest BCUT2D eigenvalue weighted by atomic mass is 32.1. The van der Waals surface area contributed by atoms with Gasteiger partial charge in [-0.2, -0.15) is 0 Å². The molecular formula is C23H26N4O2S. The molecule has 0 radical (unpaired) electrons. The molecule has 1 aliphatic heterocycles. The number of nitrogens with one attached hydrogen (secondary N) is 1. The predicted octanol–water partition coefficient (Wildman–Crippen LogP) is 3.37. The van der Waals surface area contributed by atoms with Crippen molar-refractivity contribution in [2.45, 2.75) is 0 Å². The summed E-state index contributed by atoms with van der Waals surface area (Å²) in [6.45, 7) is 5.30. The van der Waals surface area contributed by atoms with Crippen LogP contribution in [0.1, 0.15) is 9.67 Å². The topological polar surface area (TPSA) is 57.7 Å². The minimum Gasteiger partial charge on any atom is -0.495 e. The molecule has 2 heterocycles. The maximum Gasteiger partial charge on any atom is 0.263 e. The smallest absolute Gasteiger partial charge is 0.263 e. The fraction of sp³-hybridized carbons (Fsp3) is 0.304. The molecule has 30 heavy (non-hydrogen) atoms. The van der Waals surface area contributed by atoms with Crippen LogP contribution in [0.2, 0.25) is 0 Å². The SMILES string of the molecule is COc1ccccc1N1CCN(CCNC(=O)c2cnc(-c3ccccc3)s2)CC1. The Kier molecular flexibility index (Phi) is 6.61. The van der Waals surface area contributed by atoms with E-state index in [4.69, 9.17) is 4.74 Å². The van der Waals surface area contributed by atoms with Crippen molar-refractivity contribution in [2.75, 3.05) is 51.3 Å². The van der Waals surface area contributed by atoms with Gasteiger partial charge in [0, 0.05) is 44.8 Å². The molecule has 2 aromatic carbocycles. The number of piperazine rings is 1. The van der Waals surface area contributed by atoms with E-state index in [0.29, 0.717) is 11.4 Å². The Morgan fingerprint density at radius 3 is 2.57 bits per heavy atom. The largest absolute Gasteiger partial charge is 0.495 e. The van der Waals surface area contributed by atoms with Crippen LogP contribution in [0, 0.1) is 0 Å². The number of benzene rings is 2. The van der Waals surface area contributed by atoms with E-state index in [1.807, 2.05) is 48.5 Å². The molecule has 0 atom stereocenters. The summed E-state index contributed by atoms with van der Waals surface area (Å²) >= 11 is 1.43. The van der Waals surface area contributed by atoms with Crippen LogP contribution in [-0.4, -0.2) is 62.2 Å². The van der Waals surface area contributed by atoms with Crippen LogP contribution in [0.5, 0.6) is 5.75 Å². The zero-order valence-corrected chi connectivity index (χ0v) is 17.9. The van der Waals surface area contributed by atoms with E-state index >= 15 is 0 Å². The summed E-state index contributed by atoms with van der Waals surface area (Å²) in [5.41, 5.74) is 2.18. The molecule has 0 aliphatic carbocycles. The van der Waals surface area contributed by atoms with Crippen molar-refractivity contribution in [2.24, 2.45) is 0 Å². The van der Waals surface area contributed by atoms with Crippen molar-refractivity contribution in [1.82, 2.24) is 15.2 Å². The van der Waals surface area contributed by atoms with Gasteiger partial charge in [-0.25, -0.2) is 4.98 Å². The first-order valence-electron chi connectivity index (χ1n) is 10.1. The third-order valence-corrected chi connectivity index (χ3v) is 6.31. The van der Waals surface area contributed by atoms with E-state index in [1.54, 1.807) is 13.3 Å². The molecule has 4 rings (SSSR count). The predicted molar refractivity (Wildman–Crippen MR) is 122 cm³/mol. The average Bonchev–Trinajstić information content (AvgIpc) is 3.31. The average molecular weight is 423 g/mol. The summed E-state index contributed by atoms with van der Waals surface area (Å²) in [5.74, 6) is 0.861. The number of hydrogen-bond donors (Lipinski definition) is 1. The summed E-state index contributed by atoms with van der Waals surface area (Å²) in [7, 11) is 1.71. The van der Waals surface area contributed by atoms with Crippen LogP contribution in [0.15, 0.2) is 60.8 Å². The van der Waals surface area contributed by atoms with E-state index < -0.39 is 0 Å². The molecule has 1 N–H and O–H groups in total. The Labute approximate surface area is 181 Å². The number of methoxy groups -OCH3 is 1. The molecule has 7 heteroatoms. The van der Waals surface area contributed by atoms with Crippen LogP contribution in [0.4, 0.5) is 5.69 Å². The molecule has 0 spiro atoms. The molecule has 0 bridgehead atoms. The highest BCUT2D eigenvalue weighted by Gasteiger charge is 2.19. The number of carbonyl (C=O) groups excluding carboxylic acids is 1. The van der Waals surface area contributed by atoms with Gasteiger partial charge in [-0.05, 0) is 12.1 Å². The Balaban J connectivity index is 1.23. The Hall–Kier alpha value is -2.90. The van der Waals surface area contributed by atoms with Crippen molar-refractivity contribution < 1.29 is 9.53 Å². The van der Waals surface area contributed by atoms with Crippen LogP contribution in [0.3, 0.4) is 0 Å². The number of carbonyl (C=O) groups is 1. The van der Waals surface area contributed by atoms with Crippen molar-refractivity contribution >= 4 is 22.9 Å². The van der Waals surface area contributed by atoms with E-state index in [0.717, 1.165) is 54.7 Å². The van der Waals surface area contributed by atoms with Crippen molar-refractivity contribution in [3.8, 4) is 16.3 Å². The van der Waals surface area contributed by atoms with E-state index in [-0.39, 0.29) is 5.91 Å². The number of anilines is 1. The fourth-order valence-electron chi connectivity index (χ4n) is 3.61. The number of aromatic nitrogens is 1. The van der Waals surface area contributed by atoms with Crippen LogP contribution >= 0.6 is 11.3 Å². The second-order valence-corrected chi connectivity index (χ2v) is 8.18. The van der Waals surface area contributed by atoms with Gasteiger partial charge in [0.15, 0.2) is 0 Å². The molecular weight excluding hydrogens is 396 g/mol. The monoisotopic (exact) mass is 422 g/mol. The Morgan fingerprint density at radius 2 is 1.80 bits per heavy atom. The summed E-state index contributed by atoms with van der Waals surface area (Å²) in [6, 6.07) is 18.1. The zero-order chi connectivity index (χ0) is 20.8. The van der Waals surface area contributed by atoms with Gasteiger partial charge in [-0.1, -0.05) is 42.5 Å². The lowest BCUT2D eigenvalue weighted by Crippen LogP contribution is -2.48. The summed E-state index contributed by atoms with van der Waals surface area (Å²) < 4.78 is 5.48. The first-order valence-corrected chi connectivity index (χ1v) is 11.0. The van der Waals surface area contributed by atoms with Crippen LogP contribution < -0.4 is 15.0 Å². The number of rotatable bonds is 7. The highest BCUT2D eigenvalue weighted by Crippen LogP contribution is 2.28.